The smallest absolute Gasteiger partial charge is 0.0389 e. The van der Waals surface area contributed by atoms with Gasteiger partial charge in [-0.05, 0) is 35.9 Å². The Hall–Kier alpha value is -2.42. The average molecular weight is 239 g/mol. The zero-order valence-corrected chi connectivity index (χ0v) is 10.1. The third kappa shape index (κ3) is 3.28. The number of para-hydroxylation sites is 1. The summed E-state index contributed by atoms with van der Waals surface area (Å²) < 4.78 is 0. The van der Waals surface area contributed by atoms with E-state index in [4.69, 9.17) is 11.5 Å². The maximum atomic E-state index is 5.86. The molecule has 3 nitrogen and oxygen atoms in total. The van der Waals surface area contributed by atoms with Gasteiger partial charge in [0.1, 0.15) is 0 Å². The summed E-state index contributed by atoms with van der Waals surface area (Å²) in [7, 11) is 0. The number of rotatable bonds is 4. The molecule has 18 heavy (non-hydrogen) atoms. The van der Waals surface area contributed by atoms with E-state index in [2.05, 4.69) is 5.32 Å². The minimum atomic E-state index is 0.722. The molecule has 0 saturated heterocycles. The molecule has 0 aliphatic heterocycles. The topological polar surface area (TPSA) is 64.1 Å². The Morgan fingerprint density at radius 3 is 2.56 bits per heavy atom. The van der Waals surface area contributed by atoms with Gasteiger partial charge in [0, 0.05) is 23.6 Å². The maximum absolute atomic E-state index is 5.86. The van der Waals surface area contributed by atoms with Crippen molar-refractivity contribution < 1.29 is 0 Å². The van der Waals surface area contributed by atoms with Gasteiger partial charge < -0.3 is 16.8 Å². The van der Waals surface area contributed by atoms with E-state index >= 15 is 0 Å². The van der Waals surface area contributed by atoms with Crippen molar-refractivity contribution in [3.05, 3.63) is 60.2 Å². The molecule has 5 N–H and O–H groups in total. The molecule has 0 heterocycles. The van der Waals surface area contributed by atoms with Crippen molar-refractivity contribution in [3.63, 3.8) is 0 Å². The van der Waals surface area contributed by atoms with E-state index in [-0.39, 0.29) is 0 Å². The second-order valence-corrected chi connectivity index (χ2v) is 4.04. The maximum Gasteiger partial charge on any atom is 0.0389 e. The summed E-state index contributed by atoms with van der Waals surface area (Å²) in [5, 5.41) is 3.29. The molecular weight excluding hydrogens is 222 g/mol. The van der Waals surface area contributed by atoms with Crippen LogP contribution in [0, 0.1) is 0 Å². The van der Waals surface area contributed by atoms with Crippen LogP contribution in [0.4, 0.5) is 17.1 Å². The summed E-state index contributed by atoms with van der Waals surface area (Å²) in [6.07, 6.45) is 4.00. The molecule has 2 aromatic rings. The Kier molecular flexibility index (Phi) is 3.86. The number of hydrogen-bond acceptors (Lipinski definition) is 3. The molecule has 0 fully saturated rings. The number of nitrogens with one attached hydrogen (secondary N) is 1. The first kappa shape index (κ1) is 12.0. The van der Waals surface area contributed by atoms with Crippen LogP contribution in [-0.4, -0.2) is 6.54 Å². The van der Waals surface area contributed by atoms with Crippen molar-refractivity contribution in [2.45, 2.75) is 0 Å². The molecular formula is C15H17N3. The standard InChI is InChI=1S/C15H17N3/c16-13-8-9-15(17)12(11-13)5-4-10-18-14-6-2-1-3-7-14/h1-9,11,18H,10,16-17H2/b5-4+. The lowest BCUT2D eigenvalue weighted by atomic mass is 10.1. The molecule has 0 spiro atoms. The highest BCUT2D eigenvalue weighted by molar-refractivity contribution is 5.68. The van der Waals surface area contributed by atoms with Crippen LogP contribution in [0.25, 0.3) is 6.08 Å². The van der Waals surface area contributed by atoms with E-state index < -0.39 is 0 Å². The average Bonchev–Trinajstić information content (AvgIpc) is 2.40. The Labute approximate surface area is 107 Å². The van der Waals surface area contributed by atoms with Crippen LogP contribution in [0.5, 0.6) is 0 Å². The normalized spacial score (nSPS) is 10.7. The lowest BCUT2D eigenvalue weighted by Crippen LogP contribution is -1.97. The van der Waals surface area contributed by atoms with Crippen LogP contribution >= 0.6 is 0 Å². The van der Waals surface area contributed by atoms with E-state index in [1.165, 1.54) is 0 Å². The fourth-order valence-corrected chi connectivity index (χ4v) is 1.66. The van der Waals surface area contributed by atoms with Crippen molar-refractivity contribution in [1.82, 2.24) is 0 Å². The highest BCUT2D eigenvalue weighted by Crippen LogP contribution is 2.16. The first-order valence-corrected chi connectivity index (χ1v) is 5.86. The first-order chi connectivity index (χ1) is 8.75. The molecule has 2 rings (SSSR count). The minimum absolute atomic E-state index is 0.722. The number of nitrogen functional groups attached to an aromatic ring is 2. The summed E-state index contributed by atoms with van der Waals surface area (Å²) in [5.74, 6) is 0. The molecule has 0 bridgehead atoms. The molecule has 0 aromatic heterocycles. The summed E-state index contributed by atoms with van der Waals surface area (Å²) in [4.78, 5) is 0. The summed E-state index contributed by atoms with van der Waals surface area (Å²) in [6.45, 7) is 0.748. The van der Waals surface area contributed by atoms with Crippen LogP contribution < -0.4 is 16.8 Å². The number of hydrogen-bond donors (Lipinski definition) is 3. The molecule has 0 radical (unpaired) electrons. The molecule has 0 amide bonds. The monoisotopic (exact) mass is 239 g/mol. The van der Waals surface area contributed by atoms with Gasteiger partial charge >= 0.3 is 0 Å². The van der Waals surface area contributed by atoms with Crippen LogP contribution in [-0.2, 0) is 0 Å². The van der Waals surface area contributed by atoms with Crippen molar-refractivity contribution in [1.29, 1.82) is 0 Å². The van der Waals surface area contributed by atoms with E-state index in [0.29, 0.717) is 0 Å². The van der Waals surface area contributed by atoms with Crippen LogP contribution in [0.15, 0.2) is 54.6 Å². The van der Waals surface area contributed by atoms with E-state index in [1.807, 2.05) is 54.6 Å². The van der Waals surface area contributed by atoms with Crippen LogP contribution in [0.2, 0.25) is 0 Å². The highest BCUT2D eigenvalue weighted by atomic mass is 14.8. The molecule has 2 aromatic carbocycles. The second kappa shape index (κ2) is 5.77. The van der Waals surface area contributed by atoms with Crippen LogP contribution in [0.3, 0.4) is 0 Å². The Morgan fingerprint density at radius 2 is 1.78 bits per heavy atom. The molecule has 0 aliphatic carbocycles. The highest BCUT2D eigenvalue weighted by Gasteiger charge is 1.94. The Morgan fingerprint density at radius 1 is 1.00 bits per heavy atom. The molecule has 0 aliphatic rings. The van der Waals surface area contributed by atoms with Crippen molar-refractivity contribution in [3.8, 4) is 0 Å². The second-order valence-electron chi connectivity index (χ2n) is 4.04. The van der Waals surface area contributed by atoms with Gasteiger partial charge in [-0.3, -0.25) is 0 Å². The minimum Gasteiger partial charge on any atom is -0.399 e. The number of nitrogens with two attached hydrogens (primary N) is 2. The van der Waals surface area contributed by atoms with Gasteiger partial charge in [-0.2, -0.15) is 0 Å². The summed E-state index contributed by atoms with van der Waals surface area (Å²) in [6, 6.07) is 15.5. The van der Waals surface area contributed by atoms with Gasteiger partial charge in [0.25, 0.3) is 0 Å². The van der Waals surface area contributed by atoms with Crippen LogP contribution in [0.1, 0.15) is 5.56 Å². The third-order valence-electron chi connectivity index (χ3n) is 2.61. The van der Waals surface area contributed by atoms with Gasteiger partial charge in [0.05, 0.1) is 0 Å². The predicted octanol–water partition coefficient (Wildman–Crippen LogP) is 2.98. The Bertz CT molecular complexity index is 533. The number of benzene rings is 2. The van der Waals surface area contributed by atoms with Crippen molar-refractivity contribution in [2.75, 3.05) is 23.3 Å². The lowest BCUT2D eigenvalue weighted by Gasteiger charge is -2.03. The third-order valence-corrected chi connectivity index (χ3v) is 2.61. The molecule has 0 saturated carbocycles. The molecule has 0 atom stereocenters. The summed E-state index contributed by atoms with van der Waals surface area (Å²) >= 11 is 0. The predicted molar refractivity (Wildman–Crippen MR) is 79.2 cm³/mol. The van der Waals surface area contributed by atoms with Crippen molar-refractivity contribution in [2.24, 2.45) is 0 Å². The fourth-order valence-electron chi connectivity index (χ4n) is 1.66. The zero-order chi connectivity index (χ0) is 12.8. The van der Waals surface area contributed by atoms with Gasteiger partial charge in [-0.15, -0.1) is 0 Å². The van der Waals surface area contributed by atoms with Gasteiger partial charge in [-0.25, -0.2) is 0 Å². The fraction of sp³-hybridized carbons (Fsp3) is 0.0667. The molecule has 0 unspecified atom stereocenters. The van der Waals surface area contributed by atoms with E-state index in [1.54, 1.807) is 6.07 Å². The zero-order valence-electron chi connectivity index (χ0n) is 10.1. The van der Waals surface area contributed by atoms with Gasteiger partial charge in [-0.1, -0.05) is 30.4 Å². The molecule has 92 valence electrons. The number of anilines is 3. The summed E-state index contributed by atoms with van der Waals surface area (Å²) in [5.41, 5.74) is 15.1. The largest absolute Gasteiger partial charge is 0.399 e. The Balaban J connectivity index is 1.94. The molecule has 3 heteroatoms. The quantitative estimate of drug-likeness (QED) is 0.719. The first-order valence-electron chi connectivity index (χ1n) is 5.86. The van der Waals surface area contributed by atoms with Gasteiger partial charge in [0.15, 0.2) is 0 Å². The van der Waals surface area contributed by atoms with Gasteiger partial charge in [0.2, 0.25) is 0 Å². The SMILES string of the molecule is Nc1ccc(N)c(/C=C/CNc2ccccc2)c1. The van der Waals surface area contributed by atoms with Crippen molar-refractivity contribution >= 4 is 23.1 Å². The lowest BCUT2D eigenvalue weighted by molar-refractivity contribution is 1.34. The van der Waals surface area contributed by atoms with E-state index in [0.717, 1.165) is 29.2 Å². The van der Waals surface area contributed by atoms with E-state index in [9.17, 15) is 0 Å².